The Morgan fingerprint density at radius 1 is 0.895 bits per heavy atom. The summed E-state index contributed by atoms with van der Waals surface area (Å²) in [6.07, 6.45) is 0.838. The normalized spacial score (nSPS) is 28.6. The van der Waals surface area contributed by atoms with Crippen molar-refractivity contribution in [3.63, 3.8) is 0 Å². The molecule has 19 heavy (non-hydrogen) atoms. The number of hydrogen-bond acceptors (Lipinski definition) is 1. The highest BCUT2D eigenvalue weighted by molar-refractivity contribution is 5.55. The molecule has 0 radical (unpaired) electrons. The van der Waals surface area contributed by atoms with Gasteiger partial charge in [0.2, 0.25) is 0 Å². The molecule has 0 aromatic heterocycles. The van der Waals surface area contributed by atoms with Crippen molar-refractivity contribution in [2.75, 3.05) is 0 Å². The van der Waals surface area contributed by atoms with Crippen molar-refractivity contribution < 1.29 is 5.11 Å². The molecule has 96 valence electrons. The third-order valence-corrected chi connectivity index (χ3v) is 4.97. The van der Waals surface area contributed by atoms with Crippen LogP contribution in [0.5, 0.6) is 0 Å². The zero-order chi connectivity index (χ0) is 13.0. The van der Waals surface area contributed by atoms with Crippen molar-refractivity contribution in [1.82, 2.24) is 0 Å². The molecule has 3 aliphatic rings. The van der Waals surface area contributed by atoms with E-state index < -0.39 is 0 Å². The van der Waals surface area contributed by atoms with Gasteiger partial charge in [-0.1, -0.05) is 48.5 Å². The van der Waals surface area contributed by atoms with Crippen molar-refractivity contribution in [1.29, 1.82) is 0 Å². The minimum atomic E-state index is -0.241. The van der Waals surface area contributed by atoms with Crippen LogP contribution in [0.4, 0.5) is 0 Å². The summed E-state index contributed by atoms with van der Waals surface area (Å²) in [5, 5.41) is 10.2. The molecule has 2 aromatic rings. The van der Waals surface area contributed by atoms with E-state index in [1.54, 1.807) is 0 Å². The summed E-state index contributed by atoms with van der Waals surface area (Å²) in [5.41, 5.74) is 5.82. The van der Waals surface area contributed by atoms with Crippen LogP contribution < -0.4 is 0 Å². The molecule has 1 nitrogen and oxygen atoms in total. The van der Waals surface area contributed by atoms with Crippen LogP contribution in [0.1, 0.15) is 47.4 Å². The van der Waals surface area contributed by atoms with Crippen molar-refractivity contribution in [3.05, 3.63) is 70.8 Å². The molecular formula is C18H18O. The van der Waals surface area contributed by atoms with E-state index in [1.807, 2.05) is 6.92 Å². The first kappa shape index (κ1) is 11.2. The molecule has 0 fully saturated rings. The molecule has 0 aliphatic heterocycles. The fourth-order valence-electron chi connectivity index (χ4n) is 4.16. The smallest absolute Gasteiger partial charge is 0.0549 e. The van der Waals surface area contributed by atoms with Crippen LogP contribution in [0.15, 0.2) is 48.5 Å². The molecule has 2 aromatic carbocycles. The number of benzene rings is 2. The van der Waals surface area contributed by atoms with Gasteiger partial charge in [0.1, 0.15) is 0 Å². The Labute approximate surface area is 113 Å². The van der Waals surface area contributed by atoms with Crippen molar-refractivity contribution in [3.8, 4) is 0 Å². The first-order chi connectivity index (χ1) is 9.27. The van der Waals surface area contributed by atoms with Gasteiger partial charge in [-0.3, -0.25) is 0 Å². The van der Waals surface area contributed by atoms with E-state index in [0.717, 1.165) is 6.42 Å². The largest absolute Gasteiger partial charge is 0.393 e. The summed E-state index contributed by atoms with van der Waals surface area (Å²) >= 11 is 0. The van der Waals surface area contributed by atoms with Crippen molar-refractivity contribution in [2.45, 2.75) is 31.3 Å². The van der Waals surface area contributed by atoms with E-state index >= 15 is 0 Å². The zero-order valence-corrected chi connectivity index (χ0v) is 11.1. The Hall–Kier alpha value is -1.60. The average molecular weight is 250 g/mol. The van der Waals surface area contributed by atoms with Crippen LogP contribution in [0, 0.1) is 5.92 Å². The molecule has 5 rings (SSSR count). The monoisotopic (exact) mass is 250 g/mol. The number of aliphatic hydroxyl groups is 1. The van der Waals surface area contributed by atoms with Crippen LogP contribution >= 0.6 is 0 Å². The fraction of sp³-hybridized carbons (Fsp3) is 0.333. The van der Waals surface area contributed by atoms with Gasteiger partial charge in [0, 0.05) is 11.8 Å². The lowest BCUT2D eigenvalue weighted by Gasteiger charge is -2.46. The van der Waals surface area contributed by atoms with Crippen LogP contribution in [-0.2, 0) is 0 Å². The third-order valence-electron chi connectivity index (χ3n) is 4.97. The minimum absolute atomic E-state index is 0.241. The van der Waals surface area contributed by atoms with Gasteiger partial charge in [-0.2, -0.15) is 0 Å². The van der Waals surface area contributed by atoms with E-state index in [1.165, 1.54) is 22.3 Å². The predicted molar refractivity (Wildman–Crippen MR) is 76.4 cm³/mol. The lowest BCUT2D eigenvalue weighted by Crippen LogP contribution is -2.37. The van der Waals surface area contributed by atoms with Gasteiger partial charge in [-0.05, 0) is 41.5 Å². The zero-order valence-electron chi connectivity index (χ0n) is 11.1. The van der Waals surface area contributed by atoms with Gasteiger partial charge in [0.25, 0.3) is 0 Å². The molecule has 2 bridgehead atoms. The maximum absolute atomic E-state index is 10.2. The SMILES string of the molecule is C[C@@H](O)[C@H]1CC2c3ccccc3C1c1ccccc12. The van der Waals surface area contributed by atoms with Gasteiger partial charge in [-0.25, -0.2) is 0 Å². The highest BCUT2D eigenvalue weighted by Crippen LogP contribution is 2.55. The Morgan fingerprint density at radius 2 is 1.37 bits per heavy atom. The second-order valence-electron chi connectivity index (χ2n) is 5.93. The highest BCUT2D eigenvalue weighted by Gasteiger charge is 2.44. The number of rotatable bonds is 1. The Kier molecular flexibility index (Phi) is 2.33. The van der Waals surface area contributed by atoms with E-state index in [2.05, 4.69) is 48.5 Å². The van der Waals surface area contributed by atoms with Crippen molar-refractivity contribution >= 4 is 0 Å². The first-order valence-corrected chi connectivity index (χ1v) is 7.13. The van der Waals surface area contributed by atoms with E-state index in [9.17, 15) is 5.11 Å². The summed E-state index contributed by atoms with van der Waals surface area (Å²) in [6.45, 7) is 1.94. The number of aliphatic hydroxyl groups excluding tert-OH is 1. The lowest BCUT2D eigenvalue weighted by atomic mass is 9.58. The van der Waals surface area contributed by atoms with Crippen molar-refractivity contribution in [2.24, 2.45) is 5.92 Å². The summed E-state index contributed by atoms with van der Waals surface area (Å²) in [7, 11) is 0. The predicted octanol–water partition coefficient (Wildman–Crippen LogP) is 3.66. The minimum Gasteiger partial charge on any atom is -0.393 e. The summed E-state index contributed by atoms with van der Waals surface area (Å²) in [6, 6.07) is 17.6. The molecule has 0 spiro atoms. The van der Waals surface area contributed by atoms with Gasteiger partial charge in [0.15, 0.2) is 0 Å². The van der Waals surface area contributed by atoms with Crippen LogP contribution in [-0.4, -0.2) is 11.2 Å². The first-order valence-electron chi connectivity index (χ1n) is 7.13. The van der Waals surface area contributed by atoms with Crippen LogP contribution in [0.2, 0.25) is 0 Å². The standard InChI is InChI=1S/C18H18O/c1-11(19)16-10-17-12-6-2-4-8-14(12)18(16)15-9-5-3-7-13(15)17/h2-9,11,16-19H,10H2,1H3/t11-,16-,17?,18?/m1/s1. The molecule has 2 atom stereocenters. The molecule has 3 aliphatic carbocycles. The molecule has 0 unspecified atom stereocenters. The number of fused-ring (bicyclic) bond motifs is 1. The Balaban J connectivity index is 1.98. The summed E-state index contributed by atoms with van der Waals surface area (Å²) in [4.78, 5) is 0. The van der Waals surface area contributed by atoms with E-state index in [-0.39, 0.29) is 6.10 Å². The van der Waals surface area contributed by atoms with Gasteiger partial charge in [0.05, 0.1) is 6.10 Å². The van der Waals surface area contributed by atoms with E-state index in [0.29, 0.717) is 17.8 Å². The van der Waals surface area contributed by atoms with Gasteiger partial charge < -0.3 is 5.11 Å². The van der Waals surface area contributed by atoms with Crippen LogP contribution in [0.25, 0.3) is 0 Å². The lowest BCUT2D eigenvalue weighted by molar-refractivity contribution is 0.0970. The van der Waals surface area contributed by atoms with E-state index in [4.69, 9.17) is 0 Å². The topological polar surface area (TPSA) is 20.2 Å². The quantitative estimate of drug-likeness (QED) is 0.819. The molecule has 0 heterocycles. The molecule has 0 saturated heterocycles. The molecule has 1 N–H and O–H groups in total. The maximum atomic E-state index is 10.2. The molecule has 1 heteroatoms. The average Bonchev–Trinajstić information content (AvgIpc) is 2.47. The van der Waals surface area contributed by atoms with Gasteiger partial charge >= 0.3 is 0 Å². The molecular weight excluding hydrogens is 232 g/mol. The molecule has 0 saturated carbocycles. The Morgan fingerprint density at radius 3 is 1.84 bits per heavy atom. The second kappa shape index (κ2) is 3.94. The summed E-state index contributed by atoms with van der Waals surface area (Å²) < 4.78 is 0. The highest BCUT2D eigenvalue weighted by atomic mass is 16.3. The Bertz CT molecular complexity index is 582. The molecule has 0 amide bonds. The maximum Gasteiger partial charge on any atom is 0.0549 e. The number of hydrogen-bond donors (Lipinski definition) is 1. The second-order valence-corrected chi connectivity index (χ2v) is 5.93. The van der Waals surface area contributed by atoms with Crippen LogP contribution in [0.3, 0.4) is 0 Å². The fourth-order valence-corrected chi connectivity index (χ4v) is 4.16. The summed E-state index contributed by atoms with van der Waals surface area (Å²) in [5.74, 6) is 1.20. The third kappa shape index (κ3) is 1.45. The van der Waals surface area contributed by atoms with Gasteiger partial charge in [-0.15, -0.1) is 0 Å².